The first-order valence-corrected chi connectivity index (χ1v) is 13.8. The number of Topliss-reactive ketones (excluding diaryl/α,β-unsaturated/α-hetero) is 1. The minimum Gasteiger partial charge on any atom is -0.392 e. The molecule has 36 heavy (non-hydrogen) atoms. The third kappa shape index (κ3) is 6.61. The highest BCUT2D eigenvalue weighted by atomic mass is 32.1. The molecular formula is C27H42N2O6S. The second kappa shape index (κ2) is 11.4. The van der Waals surface area contributed by atoms with E-state index in [1.807, 2.05) is 25.3 Å². The van der Waals surface area contributed by atoms with Crippen molar-refractivity contribution >= 4 is 29.1 Å². The van der Waals surface area contributed by atoms with E-state index in [4.69, 9.17) is 4.74 Å². The Labute approximate surface area is 218 Å². The lowest BCUT2D eigenvalue weighted by molar-refractivity contribution is -0.143. The van der Waals surface area contributed by atoms with Crippen molar-refractivity contribution < 1.29 is 29.6 Å². The number of hydrogen-bond donors (Lipinski definition) is 4. The molecule has 2 aliphatic heterocycles. The molecule has 9 heteroatoms. The van der Waals surface area contributed by atoms with Crippen LogP contribution in [0.25, 0.3) is 6.08 Å². The number of rotatable bonds is 3. The van der Waals surface area contributed by atoms with Gasteiger partial charge in [-0.3, -0.25) is 9.59 Å². The number of aliphatic hydroxyl groups is 3. The first-order chi connectivity index (χ1) is 16.8. The number of ketones is 1. The van der Waals surface area contributed by atoms with E-state index in [-0.39, 0.29) is 48.4 Å². The molecule has 8 nitrogen and oxygen atoms in total. The Morgan fingerprint density at radius 3 is 2.61 bits per heavy atom. The highest BCUT2D eigenvalue weighted by molar-refractivity contribution is 7.09. The molecule has 1 aromatic heterocycles. The molecule has 0 spiro atoms. The Hall–Kier alpha value is -1.65. The van der Waals surface area contributed by atoms with Crippen molar-refractivity contribution in [2.24, 2.45) is 17.3 Å². The zero-order valence-electron chi connectivity index (χ0n) is 22.3. The Morgan fingerprint density at radius 2 is 1.97 bits per heavy atom. The van der Waals surface area contributed by atoms with Crippen molar-refractivity contribution in [3.05, 3.63) is 21.7 Å². The van der Waals surface area contributed by atoms with E-state index in [9.17, 15) is 24.9 Å². The maximum Gasteiger partial charge on any atom is 0.223 e. The van der Waals surface area contributed by atoms with Crippen LogP contribution >= 0.6 is 11.3 Å². The third-order valence-corrected chi connectivity index (χ3v) is 8.99. The fourth-order valence-electron chi connectivity index (χ4n) is 5.21. The Balaban J connectivity index is 1.85. The van der Waals surface area contributed by atoms with Gasteiger partial charge in [0.05, 0.1) is 54.1 Å². The Bertz CT molecular complexity index is 975. The molecule has 1 aromatic rings. The lowest BCUT2D eigenvalue weighted by atomic mass is 9.72. The van der Waals surface area contributed by atoms with Crippen LogP contribution in [0.2, 0.25) is 0 Å². The van der Waals surface area contributed by atoms with Gasteiger partial charge in [-0.15, -0.1) is 11.3 Å². The Kier molecular flexibility index (Phi) is 9.15. The standard InChI is InChI=1S/C27H42N2O6S/c1-15-8-7-9-27(6)21(35-27)11-19(16(2)10-18-14-36-23(13-30)28-18)29-22(32)12-20(31)26(4,5)25(34)17(3)24(15)33/h10,14-15,17,19-21,24,30-31,33H,7-9,11-13H2,1-6H3,(H,29,32)/t15-,17+,19-,20-,21?,24-,27+/m0/s1. The van der Waals surface area contributed by atoms with Gasteiger partial charge in [-0.2, -0.15) is 0 Å². The minimum atomic E-state index is -1.19. The number of nitrogens with one attached hydrogen (secondary N) is 1. The molecule has 0 aromatic carbocycles. The van der Waals surface area contributed by atoms with Gasteiger partial charge in [-0.25, -0.2) is 4.98 Å². The highest BCUT2D eigenvalue weighted by Crippen LogP contribution is 2.44. The number of aliphatic hydroxyl groups excluding tert-OH is 3. The maximum atomic E-state index is 13.2. The van der Waals surface area contributed by atoms with Gasteiger partial charge in [-0.05, 0) is 44.3 Å². The van der Waals surface area contributed by atoms with Crippen molar-refractivity contribution in [3.63, 3.8) is 0 Å². The van der Waals surface area contributed by atoms with Crippen LogP contribution in [-0.4, -0.2) is 61.9 Å². The number of thiazole rings is 1. The lowest BCUT2D eigenvalue weighted by Gasteiger charge is -2.34. The van der Waals surface area contributed by atoms with Crippen LogP contribution in [0.1, 0.15) is 84.3 Å². The number of epoxide rings is 1. The summed E-state index contributed by atoms with van der Waals surface area (Å²) in [5, 5.41) is 36.6. The number of ether oxygens (including phenoxy) is 1. The fraction of sp³-hybridized carbons (Fsp3) is 0.741. The van der Waals surface area contributed by atoms with Gasteiger partial charge in [-0.1, -0.05) is 34.1 Å². The molecule has 0 bridgehead atoms. The van der Waals surface area contributed by atoms with Crippen LogP contribution in [-0.2, 0) is 20.9 Å². The van der Waals surface area contributed by atoms with E-state index in [0.717, 1.165) is 30.5 Å². The summed E-state index contributed by atoms with van der Waals surface area (Å²) in [4.78, 5) is 30.7. The van der Waals surface area contributed by atoms with Crippen molar-refractivity contribution in [1.82, 2.24) is 10.3 Å². The SMILES string of the molecule is CC(=Cc1csc(CO)n1)[C@@H]1CC2O[C@]2(C)CCC[C@H](C)[C@H](O)[C@@H](C)C(=O)C(C)(C)[C@@H](O)CC(=O)N1. The molecule has 0 saturated carbocycles. The van der Waals surface area contributed by atoms with Gasteiger partial charge < -0.3 is 25.4 Å². The monoisotopic (exact) mass is 522 g/mol. The molecule has 7 atom stereocenters. The van der Waals surface area contributed by atoms with E-state index in [2.05, 4.69) is 17.2 Å². The molecule has 3 rings (SSSR count). The van der Waals surface area contributed by atoms with Crippen LogP contribution in [0.15, 0.2) is 11.0 Å². The highest BCUT2D eigenvalue weighted by Gasteiger charge is 2.52. The van der Waals surface area contributed by atoms with Gasteiger partial charge in [0.15, 0.2) is 0 Å². The molecule has 0 radical (unpaired) electrons. The summed E-state index contributed by atoms with van der Waals surface area (Å²) in [5.41, 5.74) is 0.135. The summed E-state index contributed by atoms with van der Waals surface area (Å²) in [6.07, 6.45) is 2.67. The predicted molar refractivity (Wildman–Crippen MR) is 139 cm³/mol. The van der Waals surface area contributed by atoms with Gasteiger partial charge >= 0.3 is 0 Å². The largest absolute Gasteiger partial charge is 0.392 e. The number of aromatic nitrogens is 1. The number of carbonyl (C=O) groups is 2. The summed E-state index contributed by atoms with van der Waals surface area (Å²) >= 11 is 1.37. The van der Waals surface area contributed by atoms with Gasteiger partial charge in [0, 0.05) is 17.7 Å². The number of carbonyl (C=O) groups excluding carboxylic acids is 2. The summed E-state index contributed by atoms with van der Waals surface area (Å²) in [6.45, 7) is 10.8. The van der Waals surface area contributed by atoms with E-state index in [1.165, 1.54) is 11.3 Å². The van der Waals surface area contributed by atoms with E-state index < -0.39 is 23.5 Å². The second-order valence-electron chi connectivity index (χ2n) is 11.4. The zero-order valence-corrected chi connectivity index (χ0v) is 23.1. The number of nitrogens with zero attached hydrogens (tertiary/aromatic N) is 1. The summed E-state index contributed by atoms with van der Waals surface area (Å²) in [6, 6.07) is -0.331. The number of fused-ring (bicyclic) bond motifs is 1. The van der Waals surface area contributed by atoms with Crippen molar-refractivity contribution in [2.75, 3.05) is 0 Å². The smallest absolute Gasteiger partial charge is 0.223 e. The average molecular weight is 523 g/mol. The van der Waals surface area contributed by atoms with Crippen LogP contribution in [0, 0.1) is 17.3 Å². The maximum absolute atomic E-state index is 13.2. The summed E-state index contributed by atoms with van der Waals surface area (Å²) < 4.78 is 6.08. The van der Waals surface area contributed by atoms with E-state index >= 15 is 0 Å². The first-order valence-electron chi connectivity index (χ1n) is 12.9. The van der Waals surface area contributed by atoms with Crippen molar-refractivity contribution in [1.29, 1.82) is 0 Å². The van der Waals surface area contributed by atoms with Crippen LogP contribution in [0.3, 0.4) is 0 Å². The van der Waals surface area contributed by atoms with Crippen molar-refractivity contribution in [3.8, 4) is 0 Å². The second-order valence-corrected chi connectivity index (χ2v) is 12.4. The molecular weight excluding hydrogens is 480 g/mol. The fourth-order valence-corrected chi connectivity index (χ4v) is 5.82. The molecule has 1 unspecified atom stereocenters. The quantitative estimate of drug-likeness (QED) is 0.448. The predicted octanol–water partition coefficient (Wildman–Crippen LogP) is 3.23. The topological polar surface area (TPSA) is 132 Å². The Morgan fingerprint density at radius 1 is 1.28 bits per heavy atom. The molecule has 2 fully saturated rings. The minimum absolute atomic E-state index is 0.0235. The molecule has 4 N–H and O–H groups in total. The number of amides is 1. The molecule has 2 aliphatic rings. The third-order valence-electron chi connectivity index (χ3n) is 8.14. The van der Waals surface area contributed by atoms with Gasteiger partial charge in [0.25, 0.3) is 0 Å². The molecule has 1 amide bonds. The lowest BCUT2D eigenvalue weighted by Crippen LogP contribution is -2.47. The normalized spacial score (nSPS) is 36.8. The van der Waals surface area contributed by atoms with E-state index in [1.54, 1.807) is 20.8 Å². The van der Waals surface area contributed by atoms with Crippen LogP contribution in [0.5, 0.6) is 0 Å². The zero-order chi connectivity index (χ0) is 26.8. The molecule has 202 valence electrons. The van der Waals surface area contributed by atoms with Crippen LogP contribution < -0.4 is 5.32 Å². The molecule has 2 saturated heterocycles. The van der Waals surface area contributed by atoms with E-state index in [0.29, 0.717) is 11.4 Å². The molecule has 0 aliphatic carbocycles. The summed E-state index contributed by atoms with van der Waals surface area (Å²) in [7, 11) is 0. The van der Waals surface area contributed by atoms with Gasteiger partial charge in [0.1, 0.15) is 10.8 Å². The van der Waals surface area contributed by atoms with Crippen molar-refractivity contribution in [2.45, 2.75) is 110 Å². The van der Waals surface area contributed by atoms with Gasteiger partial charge in [0.2, 0.25) is 5.91 Å². The molecule has 3 heterocycles. The summed E-state index contributed by atoms with van der Waals surface area (Å²) in [5.74, 6) is -1.33. The first kappa shape index (κ1) is 28.9. The number of hydrogen-bond acceptors (Lipinski definition) is 8. The average Bonchev–Trinajstić information content (AvgIpc) is 3.23. The van der Waals surface area contributed by atoms with Crippen LogP contribution in [0.4, 0.5) is 0 Å².